The van der Waals surface area contributed by atoms with Crippen molar-refractivity contribution >= 4 is 28.1 Å². The van der Waals surface area contributed by atoms with Gasteiger partial charge in [0, 0.05) is 4.47 Å². The van der Waals surface area contributed by atoms with Crippen molar-refractivity contribution in [3.8, 4) is 0 Å². The van der Waals surface area contributed by atoms with Crippen LogP contribution in [0.5, 0.6) is 0 Å². The summed E-state index contributed by atoms with van der Waals surface area (Å²) >= 11 is 3.68. The van der Waals surface area contributed by atoms with Crippen LogP contribution in [-0.4, -0.2) is 41.4 Å². The van der Waals surface area contributed by atoms with Crippen LogP contribution < -0.4 is 5.32 Å². The van der Waals surface area contributed by atoms with Gasteiger partial charge in [0.05, 0.1) is 13.1 Å². The van der Waals surface area contributed by atoms with Gasteiger partial charge in [-0.2, -0.15) is 0 Å². The number of alkyl carbamates (subject to hydrolysis) is 1. The number of amides is 2. The van der Waals surface area contributed by atoms with Crippen LogP contribution in [0, 0.1) is 27.7 Å². The minimum Gasteiger partial charge on any atom is -0.444 e. The number of hydrogen-bond donors (Lipinski definition) is 1. The molecule has 0 saturated carbocycles. The number of carbonyl (C=O) groups excluding carboxylic acids is 2. The Morgan fingerprint density at radius 2 is 1.30 bits per heavy atom. The number of carbonyl (C=O) groups is 2. The first-order valence-electron chi connectivity index (χ1n) is 10.2. The van der Waals surface area contributed by atoms with Crippen molar-refractivity contribution in [2.45, 2.75) is 86.0 Å². The van der Waals surface area contributed by atoms with Crippen molar-refractivity contribution in [2.75, 3.05) is 13.1 Å². The lowest BCUT2D eigenvalue weighted by atomic mass is 9.76. The Bertz CT molecular complexity index is 830. The fraction of sp³-hybridized carbons (Fsp3) is 0.652. The molecule has 2 rings (SSSR count). The van der Waals surface area contributed by atoms with Crippen molar-refractivity contribution in [1.29, 1.82) is 0 Å². The van der Waals surface area contributed by atoms with Crippen LogP contribution in [0.2, 0.25) is 0 Å². The van der Waals surface area contributed by atoms with E-state index in [0.717, 1.165) is 32.3 Å². The van der Waals surface area contributed by atoms with Crippen LogP contribution >= 0.6 is 15.9 Å². The van der Waals surface area contributed by atoms with Crippen LogP contribution in [0.1, 0.15) is 69.4 Å². The van der Waals surface area contributed by atoms with Crippen LogP contribution in [0.3, 0.4) is 0 Å². The number of hydrogen-bond acceptors (Lipinski definition) is 4. The molecule has 30 heavy (non-hydrogen) atoms. The lowest BCUT2D eigenvalue weighted by Crippen LogP contribution is -2.70. The van der Waals surface area contributed by atoms with Crippen molar-refractivity contribution in [1.82, 2.24) is 10.2 Å². The molecule has 0 aliphatic carbocycles. The molecular weight excluding hydrogens is 448 g/mol. The van der Waals surface area contributed by atoms with Gasteiger partial charge in [0.15, 0.2) is 0 Å². The van der Waals surface area contributed by atoms with Gasteiger partial charge in [0.1, 0.15) is 16.7 Å². The zero-order valence-electron chi connectivity index (χ0n) is 19.9. The van der Waals surface area contributed by atoms with E-state index in [-0.39, 0.29) is 6.09 Å². The molecular formula is C23H35BrN2O4. The monoisotopic (exact) mass is 482 g/mol. The summed E-state index contributed by atoms with van der Waals surface area (Å²) in [6, 6.07) is 0. The fourth-order valence-electron chi connectivity index (χ4n) is 3.84. The highest BCUT2D eigenvalue weighted by Crippen LogP contribution is 2.41. The molecule has 1 fully saturated rings. The van der Waals surface area contributed by atoms with E-state index in [1.165, 1.54) is 0 Å². The zero-order valence-corrected chi connectivity index (χ0v) is 21.5. The van der Waals surface area contributed by atoms with Gasteiger partial charge >= 0.3 is 12.2 Å². The highest BCUT2D eigenvalue weighted by Gasteiger charge is 2.51. The number of likely N-dealkylation sites (tertiary alicyclic amines) is 1. The van der Waals surface area contributed by atoms with Gasteiger partial charge in [0.25, 0.3) is 0 Å². The van der Waals surface area contributed by atoms with Gasteiger partial charge in [-0.05, 0) is 97.1 Å². The maximum absolute atomic E-state index is 12.7. The minimum atomic E-state index is -0.733. The van der Waals surface area contributed by atoms with Gasteiger partial charge in [0.2, 0.25) is 0 Å². The van der Waals surface area contributed by atoms with Crippen LogP contribution in [0.15, 0.2) is 4.47 Å². The maximum Gasteiger partial charge on any atom is 0.410 e. The Morgan fingerprint density at radius 3 is 1.70 bits per heavy atom. The Labute approximate surface area is 188 Å². The summed E-state index contributed by atoms with van der Waals surface area (Å²) in [4.78, 5) is 26.9. The van der Waals surface area contributed by atoms with Crippen molar-refractivity contribution in [2.24, 2.45) is 0 Å². The summed E-state index contributed by atoms with van der Waals surface area (Å²) in [6.07, 6.45) is -0.881. The van der Waals surface area contributed by atoms with E-state index >= 15 is 0 Å². The van der Waals surface area contributed by atoms with Gasteiger partial charge < -0.3 is 19.7 Å². The maximum atomic E-state index is 12.7. The summed E-state index contributed by atoms with van der Waals surface area (Å²) < 4.78 is 12.1. The minimum absolute atomic E-state index is 0.323. The third-order valence-electron chi connectivity index (χ3n) is 5.33. The molecule has 1 saturated heterocycles. The first-order chi connectivity index (χ1) is 13.5. The Kier molecular flexibility index (Phi) is 6.58. The molecule has 7 heteroatoms. The number of benzene rings is 1. The Morgan fingerprint density at radius 1 is 0.867 bits per heavy atom. The molecule has 0 bridgehead atoms. The summed E-state index contributed by atoms with van der Waals surface area (Å²) in [6.45, 7) is 19.9. The fourth-order valence-corrected chi connectivity index (χ4v) is 4.44. The van der Waals surface area contributed by atoms with Crippen molar-refractivity contribution in [3.05, 3.63) is 32.3 Å². The van der Waals surface area contributed by atoms with E-state index in [2.05, 4.69) is 48.9 Å². The zero-order chi connectivity index (χ0) is 23.2. The number of rotatable bonds is 2. The number of halogens is 1. The normalized spacial score (nSPS) is 16.0. The number of nitrogens with zero attached hydrogens (tertiary/aromatic N) is 1. The molecule has 0 unspecified atom stereocenters. The van der Waals surface area contributed by atoms with E-state index in [9.17, 15) is 9.59 Å². The first kappa shape index (κ1) is 24.5. The number of ether oxygens (including phenoxy) is 2. The molecule has 0 radical (unpaired) electrons. The average molecular weight is 483 g/mol. The van der Waals surface area contributed by atoms with E-state index in [0.29, 0.717) is 13.1 Å². The third-order valence-corrected chi connectivity index (χ3v) is 6.51. The topological polar surface area (TPSA) is 67.9 Å². The van der Waals surface area contributed by atoms with E-state index in [1.807, 2.05) is 41.5 Å². The van der Waals surface area contributed by atoms with E-state index in [1.54, 1.807) is 4.90 Å². The Hall–Kier alpha value is -1.76. The van der Waals surface area contributed by atoms with Gasteiger partial charge in [-0.15, -0.1) is 0 Å². The standard InChI is InChI=1S/C23H35BrN2O4/c1-13-15(3)18(24)16(4)14(2)17(13)23(25-19(27)29-21(5,6)7)11-26(12-23)20(28)30-22(8,9)10/h11-12H2,1-10H3,(H,25,27). The average Bonchev–Trinajstić information content (AvgIpc) is 2.51. The summed E-state index contributed by atoms with van der Waals surface area (Å²) in [7, 11) is 0. The lowest BCUT2D eigenvalue weighted by Gasteiger charge is -2.51. The van der Waals surface area contributed by atoms with Gasteiger partial charge in [-0.1, -0.05) is 15.9 Å². The molecule has 1 N–H and O–H groups in total. The van der Waals surface area contributed by atoms with Crippen molar-refractivity contribution in [3.63, 3.8) is 0 Å². The molecule has 1 aromatic carbocycles. The van der Waals surface area contributed by atoms with E-state index in [4.69, 9.17) is 9.47 Å². The first-order valence-corrected chi connectivity index (χ1v) is 11.0. The second-order valence-electron chi connectivity index (χ2n) is 10.2. The molecule has 0 aromatic heterocycles. The predicted molar refractivity (Wildman–Crippen MR) is 122 cm³/mol. The molecule has 0 spiro atoms. The second-order valence-corrected chi connectivity index (χ2v) is 11.0. The molecule has 1 aliphatic rings. The molecule has 1 heterocycles. The SMILES string of the molecule is Cc1c(C)c(C2(NC(=O)OC(C)(C)C)CN(C(=O)OC(C)(C)C)C2)c(C)c(C)c1Br. The molecule has 1 aliphatic heterocycles. The van der Waals surface area contributed by atoms with Crippen LogP contribution in [0.25, 0.3) is 0 Å². The third kappa shape index (κ3) is 5.10. The van der Waals surface area contributed by atoms with Crippen molar-refractivity contribution < 1.29 is 19.1 Å². The molecule has 1 aromatic rings. The quantitative estimate of drug-likeness (QED) is 0.590. The molecule has 0 atom stereocenters. The summed E-state index contributed by atoms with van der Waals surface area (Å²) in [5, 5.41) is 3.08. The number of nitrogens with one attached hydrogen (secondary N) is 1. The predicted octanol–water partition coefficient (Wildman–Crippen LogP) is 5.65. The smallest absolute Gasteiger partial charge is 0.410 e. The van der Waals surface area contributed by atoms with Crippen LogP contribution in [-0.2, 0) is 15.0 Å². The van der Waals surface area contributed by atoms with Gasteiger partial charge in [-0.25, -0.2) is 9.59 Å². The van der Waals surface area contributed by atoms with Crippen LogP contribution in [0.4, 0.5) is 9.59 Å². The summed E-state index contributed by atoms with van der Waals surface area (Å²) in [5.41, 5.74) is 3.52. The highest BCUT2D eigenvalue weighted by atomic mass is 79.9. The summed E-state index contributed by atoms with van der Waals surface area (Å²) in [5.74, 6) is 0. The lowest BCUT2D eigenvalue weighted by molar-refractivity contribution is -0.0233. The molecule has 6 nitrogen and oxygen atoms in total. The second kappa shape index (κ2) is 8.06. The molecule has 168 valence electrons. The largest absolute Gasteiger partial charge is 0.444 e. The molecule has 2 amide bonds. The highest BCUT2D eigenvalue weighted by molar-refractivity contribution is 9.10. The Balaban J connectivity index is 2.46. The van der Waals surface area contributed by atoms with E-state index < -0.39 is 22.8 Å². The van der Waals surface area contributed by atoms with Gasteiger partial charge in [-0.3, -0.25) is 0 Å².